The topological polar surface area (TPSA) is 83.5 Å². The second kappa shape index (κ2) is 16.2. The highest BCUT2D eigenvalue weighted by Crippen LogP contribution is 2.40. The molecule has 0 spiro atoms. The number of allylic oxidation sites excluding steroid dienone is 2. The number of hydrogen-bond acceptors (Lipinski definition) is 6. The lowest BCUT2D eigenvalue weighted by Gasteiger charge is -2.47. The number of halogens is 1. The van der Waals surface area contributed by atoms with E-state index in [1.807, 2.05) is 30.1 Å². The number of hydrogen-bond donors (Lipinski definition) is 1. The predicted molar refractivity (Wildman–Crippen MR) is 150 cm³/mol. The zero-order chi connectivity index (χ0) is 27.4. The maximum atomic E-state index is 12.0. The summed E-state index contributed by atoms with van der Waals surface area (Å²) in [6.07, 6.45) is 8.83. The molecule has 0 amide bonds. The predicted octanol–water partition coefficient (Wildman–Crippen LogP) is 6.45. The lowest BCUT2D eigenvalue weighted by atomic mass is 9.87. The number of ether oxygens (including phenoxy) is 4. The summed E-state index contributed by atoms with van der Waals surface area (Å²) in [6, 6.07) is 2.97. The minimum Gasteiger partial charge on any atom is -0.481 e. The van der Waals surface area contributed by atoms with Gasteiger partial charge in [0.15, 0.2) is 14.1 Å². The minimum atomic E-state index is -2.02. The summed E-state index contributed by atoms with van der Waals surface area (Å²) in [4.78, 5) is 13.8. The van der Waals surface area contributed by atoms with Gasteiger partial charge in [-0.2, -0.15) is 0 Å². The van der Waals surface area contributed by atoms with E-state index in [0.717, 1.165) is 30.1 Å². The van der Waals surface area contributed by atoms with Crippen LogP contribution in [0.15, 0.2) is 34.9 Å². The van der Waals surface area contributed by atoms with Crippen LogP contribution in [-0.2, 0) is 28.2 Å². The first kappa shape index (κ1) is 33.2. The highest BCUT2D eigenvalue weighted by Gasteiger charge is 2.51. The lowest BCUT2D eigenvalue weighted by Crippen LogP contribution is -2.57. The summed E-state index contributed by atoms with van der Waals surface area (Å²) in [5.41, 5.74) is 1.02. The Morgan fingerprint density at radius 1 is 1.22 bits per heavy atom. The Hall–Kier alpha value is -0.813. The minimum absolute atomic E-state index is 0.0433. The van der Waals surface area contributed by atoms with E-state index >= 15 is 0 Å². The fraction of sp³-hybridized carbons (Fsp3) is 0.741. The number of aliphatic carboxylic acids is 1. The van der Waals surface area contributed by atoms with Gasteiger partial charge in [0, 0.05) is 34.2 Å². The Kier molecular flexibility index (Phi) is 15.0. The van der Waals surface area contributed by atoms with Gasteiger partial charge in [-0.15, -0.1) is 0 Å². The molecule has 0 aliphatic carbocycles. The Balaban J connectivity index is 3.44. The van der Waals surface area contributed by atoms with Gasteiger partial charge >= 0.3 is 5.97 Å². The average molecular weight is 592 g/mol. The van der Waals surface area contributed by atoms with E-state index in [0.29, 0.717) is 12.8 Å². The van der Waals surface area contributed by atoms with Gasteiger partial charge in [-0.05, 0) is 43.4 Å². The third-order valence-electron chi connectivity index (χ3n) is 7.51. The first-order chi connectivity index (χ1) is 17.1. The molecule has 0 aromatic rings. The molecule has 0 bridgehead atoms. The van der Waals surface area contributed by atoms with E-state index in [4.69, 9.17) is 23.4 Å². The molecule has 208 valence electrons. The van der Waals surface area contributed by atoms with Crippen LogP contribution in [0.25, 0.3) is 0 Å². The van der Waals surface area contributed by atoms with Gasteiger partial charge in [0.25, 0.3) is 0 Å². The molecule has 0 aromatic carbocycles. The van der Waals surface area contributed by atoms with E-state index in [9.17, 15) is 9.90 Å². The van der Waals surface area contributed by atoms with Crippen molar-refractivity contribution >= 4 is 30.2 Å². The molecule has 1 saturated heterocycles. The average Bonchev–Trinajstić information content (AvgIpc) is 2.90. The van der Waals surface area contributed by atoms with Crippen molar-refractivity contribution < 1.29 is 33.3 Å². The van der Waals surface area contributed by atoms with Crippen molar-refractivity contribution in [3.63, 3.8) is 0 Å². The van der Waals surface area contributed by atoms with E-state index in [1.54, 1.807) is 21.1 Å². The van der Waals surface area contributed by atoms with Gasteiger partial charge in [0.2, 0.25) is 0 Å². The van der Waals surface area contributed by atoms with Crippen molar-refractivity contribution in [3.8, 4) is 0 Å². The van der Waals surface area contributed by atoms with Crippen molar-refractivity contribution in [2.24, 2.45) is 5.92 Å². The standard InChI is InChI=1S/C27H47BrO7Si/c1-9-36(10-2,11-3)35-25(17-20(4)14-15-22(31-6)13-12-16-28)24-18-23(32-7)19-27(33-8,34-24)21(5)26(29)30/h12,14-17,21-25H,9-11,13,18-19H2,1-8H3,(H,29,30)/t21?,22-,23-,24-,25-,27+/m1/s1. The molecule has 6 atom stereocenters. The van der Waals surface area contributed by atoms with Gasteiger partial charge in [0.05, 0.1) is 24.4 Å². The van der Waals surface area contributed by atoms with Gasteiger partial charge in [0.1, 0.15) is 5.92 Å². The summed E-state index contributed by atoms with van der Waals surface area (Å²) in [7, 11) is 2.82. The Morgan fingerprint density at radius 3 is 2.33 bits per heavy atom. The highest BCUT2D eigenvalue weighted by molar-refractivity contribution is 9.11. The van der Waals surface area contributed by atoms with Crippen molar-refractivity contribution in [1.29, 1.82) is 0 Å². The van der Waals surface area contributed by atoms with Crippen LogP contribution in [0.2, 0.25) is 18.1 Å². The van der Waals surface area contributed by atoms with Crippen LogP contribution < -0.4 is 0 Å². The van der Waals surface area contributed by atoms with Gasteiger partial charge in [-0.3, -0.25) is 4.79 Å². The Bertz CT molecular complexity index is 744. The number of carbonyl (C=O) groups is 1. The summed E-state index contributed by atoms with van der Waals surface area (Å²) >= 11 is 3.30. The molecule has 1 heterocycles. The molecule has 0 radical (unpaired) electrons. The summed E-state index contributed by atoms with van der Waals surface area (Å²) < 4.78 is 30.6. The lowest BCUT2D eigenvalue weighted by molar-refractivity contribution is -0.314. The number of carboxylic acid groups (broad SMARTS) is 1. The smallest absolute Gasteiger partial charge is 0.311 e. The molecule has 0 aromatic heterocycles. The molecule has 1 fully saturated rings. The van der Waals surface area contributed by atoms with Crippen LogP contribution in [-0.4, -0.2) is 70.9 Å². The number of methoxy groups -OCH3 is 3. The molecule has 1 unspecified atom stereocenters. The normalized spacial score (nSPS) is 26.4. The SMILES string of the molecule is CC[Si](CC)(CC)O[C@H](C=C(C)C=C[C@@H](CC=CBr)OC)[C@H]1C[C@@H](OC)C[C@@](OC)(C(C)C(=O)O)O1. The second-order valence-electron chi connectivity index (χ2n) is 9.50. The number of carboxylic acids is 1. The zero-order valence-electron chi connectivity index (χ0n) is 23.3. The molecule has 9 heteroatoms. The first-order valence-electron chi connectivity index (χ1n) is 12.9. The van der Waals surface area contributed by atoms with E-state index in [2.05, 4.69) is 42.8 Å². The third kappa shape index (κ3) is 9.18. The monoisotopic (exact) mass is 590 g/mol. The van der Waals surface area contributed by atoms with Crippen LogP contribution in [0.3, 0.4) is 0 Å². The van der Waals surface area contributed by atoms with Crippen LogP contribution in [0.1, 0.15) is 53.9 Å². The van der Waals surface area contributed by atoms with Crippen molar-refractivity contribution in [1.82, 2.24) is 0 Å². The number of rotatable bonds is 16. The van der Waals surface area contributed by atoms with E-state index < -0.39 is 32.1 Å². The van der Waals surface area contributed by atoms with Crippen molar-refractivity contribution in [2.45, 2.75) is 102 Å². The Morgan fingerprint density at radius 2 is 1.86 bits per heavy atom. The second-order valence-corrected chi connectivity index (χ2v) is 14.7. The molecule has 0 saturated carbocycles. The maximum absolute atomic E-state index is 12.0. The highest BCUT2D eigenvalue weighted by atomic mass is 79.9. The maximum Gasteiger partial charge on any atom is 0.311 e. The molecule has 36 heavy (non-hydrogen) atoms. The third-order valence-corrected chi connectivity index (χ3v) is 12.5. The fourth-order valence-corrected chi connectivity index (χ4v) is 7.70. The van der Waals surface area contributed by atoms with E-state index in [-0.39, 0.29) is 18.3 Å². The summed E-state index contributed by atoms with van der Waals surface area (Å²) in [5, 5.41) is 9.80. The van der Waals surface area contributed by atoms with Gasteiger partial charge < -0.3 is 28.5 Å². The van der Waals surface area contributed by atoms with Crippen molar-refractivity contribution in [2.75, 3.05) is 21.3 Å². The van der Waals surface area contributed by atoms with Crippen LogP contribution in [0.4, 0.5) is 0 Å². The molecule has 1 aliphatic heterocycles. The Labute approximate surface area is 227 Å². The van der Waals surface area contributed by atoms with Crippen molar-refractivity contribution in [3.05, 3.63) is 34.9 Å². The first-order valence-corrected chi connectivity index (χ1v) is 16.3. The molecule has 1 N–H and O–H groups in total. The summed E-state index contributed by atoms with van der Waals surface area (Å²) in [5.74, 6) is -3.14. The molecule has 7 nitrogen and oxygen atoms in total. The molecular formula is C27H47BrO7Si. The quantitative estimate of drug-likeness (QED) is 0.163. The fourth-order valence-electron chi connectivity index (χ4n) is 4.69. The molecule has 1 rings (SSSR count). The molecular weight excluding hydrogens is 544 g/mol. The van der Waals surface area contributed by atoms with Crippen LogP contribution >= 0.6 is 15.9 Å². The van der Waals surface area contributed by atoms with Crippen LogP contribution in [0.5, 0.6) is 0 Å². The van der Waals surface area contributed by atoms with Gasteiger partial charge in [-0.1, -0.05) is 66.6 Å². The van der Waals surface area contributed by atoms with Gasteiger partial charge in [-0.25, -0.2) is 0 Å². The summed E-state index contributed by atoms with van der Waals surface area (Å²) in [6.45, 7) is 10.2. The largest absolute Gasteiger partial charge is 0.481 e. The molecule has 1 aliphatic rings. The van der Waals surface area contributed by atoms with Crippen LogP contribution in [0, 0.1) is 5.92 Å². The zero-order valence-corrected chi connectivity index (χ0v) is 25.9. The van der Waals surface area contributed by atoms with E-state index in [1.165, 1.54) is 7.11 Å².